The predicted octanol–water partition coefficient (Wildman–Crippen LogP) is 8.15. The van der Waals surface area contributed by atoms with Crippen molar-refractivity contribution >= 4 is 66.3 Å². The van der Waals surface area contributed by atoms with E-state index >= 15 is 0 Å². The average molecular weight is 730 g/mol. The molecule has 0 heterocycles. The summed E-state index contributed by atoms with van der Waals surface area (Å²) in [6.45, 7) is 10.6. The fourth-order valence-corrected chi connectivity index (χ4v) is 3.30. The van der Waals surface area contributed by atoms with Gasteiger partial charge in [-0.05, 0) is 91.6 Å². The zero-order chi connectivity index (χ0) is 30.9. The van der Waals surface area contributed by atoms with Crippen LogP contribution in [0.3, 0.4) is 0 Å². The van der Waals surface area contributed by atoms with Crippen molar-refractivity contribution in [3.8, 4) is 0 Å². The van der Waals surface area contributed by atoms with Gasteiger partial charge in [0.05, 0.1) is 40.6 Å². The summed E-state index contributed by atoms with van der Waals surface area (Å²) >= 11 is 5.60. The number of nitrogens with two attached hydrogens (primary N) is 1. The maximum atomic E-state index is 13.6. The van der Waals surface area contributed by atoms with Gasteiger partial charge < -0.3 is 0 Å². The standard InChI is InChI=1S/C12H13BrF3NOS.C8H4BrF3O.C4H11NOS/c1-12(2,3)19(18)17-6-7-4-5-8(13)10(14)9(7)11(15)16;9-5-2-1-4(3-13)6(7(5)10)8(11)12;1-4(2,3)7(5)6/h4-6,11H,1-3H3;1-3,8H;5H2,1-3H3/t19-;;7-/m0.0/s1. The molecule has 2 aromatic carbocycles. The molecule has 0 aliphatic heterocycles. The lowest BCUT2D eigenvalue weighted by molar-refractivity contribution is 0.110. The second kappa shape index (κ2) is 16.1. The van der Waals surface area contributed by atoms with Crippen LogP contribution in [0.4, 0.5) is 26.3 Å². The van der Waals surface area contributed by atoms with Crippen molar-refractivity contribution in [2.45, 2.75) is 63.9 Å². The van der Waals surface area contributed by atoms with Crippen molar-refractivity contribution in [3.05, 3.63) is 67.1 Å². The summed E-state index contributed by atoms with van der Waals surface area (Å²) in [5.74, 6) is -2.11. The molecule has 0 spiro atoms. The molecule has 0 amide bonds. The van der Waals surface area contributed by atoms with Crippen LogP contribution >= 0.6 is 31.9 Å². The molecule has 0 radical (unpaired) electrons. The normalized spacial score (nSPS) is 13.5. The van der Waals surface area contributed by atoms with Crippen molar-refractivity contribution < 1.29 is 39.6 Å². The third kappa shape index (κ3) is 12.3. The molecule has 39 heavy (non-hydrogen) atoms. The number of hydrogen-bond acceptors (Lipinski definition) is 3. The van der Waals surface area contributed by atoms with Gasteiger partial charge in [0.1, 0.15) is 22.6 Å². The first-order chi connectivity index (χ1) is 17.7. The summed E-state index contributed by atoms with van der Waals surface area (Å²) in [6.07, 6.45) is -4.73. The smallest absolute Gasteiger partial charge is 0.267 e. The summed E-state index contributed by atoms with van der Waals surface area (Å²) in [4.78, 5) is 10.3. The molecular weight excluding hydrogens is 702 g/mol. The Labute approximate surface area is 245 Å². The molecule has 2 aromatic rings. The predicted molar refractivity (Wildman–Crippen MR) is 151 cm³/mol. The van der Waals surface area contributed by atoms with E-state index < -0.39 is 62.3 Å². The first-order valence-electron chi connectivity index (χ1n) is 10.8. The number of alkyl halides is 4. The molecule has 0 unspecified atom stereocenters. The Hall–Kier alpha value is -1.42. The molecule has 0 saturated heterocycles. The minimum Gasteiger partial charge on any atom is -0.298 e. The topological polar surface area (TPSA) is 89.6 Å². The minimum atomic E-state index is -2.99. The Morgan fingerprint density at radius 2 is 1.15 bits per heavy atom. The van der Waals surface area contributed by atoms with Crippen LogP contribution in [0, 0.1) is 11.6 Å². The molecule has 0 aromatic heterocycles. The summed E-state index contributed by atoms with van der Waals surface area (Å²) in [6, 6.07) is 4.97. The highest BCUT2D eigenvalue weighted by Gasteiger charge is 2.22. The van der Waals surface area contributed by atoms with Gasteiger partial charge in [-0.1, -0.05) is 6.07 Å². The fourth-order valence-electron chi connectivity index (χ4n) is 2.08. The Bertz CT molecular complexity index is 1220. The van der Waals surface area contributed by atoms with Gasteiger partial charge in [0.25, 0.3) is 12.9 Å². The molecule has 2 N–H and O–H groups in total. The Kier molecular flexibility index (Phi) is 15.5. The third-order valence-corrected chi connectivity index (χ3v) is 8.09. The molecule has 5 nitrogen and oxygen atoms in total. The molecule has 0 fully saturated rings. The summed E-state index contributed by atoms with van der Waals surface area (Å²) in [5, 5.41) is 5.04. The number of rotatable bonds is 5. The van der Waals surface area contributed by atoms with E-state index in [-0.39, 0.29) is 31.1 Å². The van der Waals surface area contributed by atoms with E-state index in [9.17, 15) is 39.6 Å². The fraction of sp³-hybridized carbons (Fsp3) is 0.417. The van der Waals surface area contributed by atoms with Gasteiger partial charge in [0.2, 0.25) is 0 Å². The van der Waals surface area contributed by atoms with E-state index in [1.54, 1.807) is 20.8 Å². The molecule has 0 aliphatic rings. The lowest BCUT2D eigenvalue weighted by Gasteiger charge is -2.13. The van der Waals surface area contributed by atoms with Gasteiger partial charge in [0, 0.05) is 17.3 Å². The molecule has 0 saturated carbocycles. The van der Waals surface area contributed by atoms with E-state index in [0.29, 0.717) is 0 Å². The van der Waals surface area contributed by atoms with E-state index in [0.717, 1.165) is 12.3 Å². The van der Waals surface area contributed by atoms with Crippen LogP contribution in [0.15, 0.2) is 37.6 Å². The Morgan fingerprint density at radius 1 is 0.795 bits per heavy atom. The number of halogens is 8. The van der Waals surface area contributed by atoms with E-state index in [1.807, 2.05) is 20.8 Å². The van der Waals surface area contributed by atoms with Crippen molar-refractivity contribution in [2.75, 3.05) is 0 Å². The average Bonchev–Trinajstić information content (AvgIpc) is 2.80. The quantitative estimate of drug-likeness (QED) is 0.191. The SMILES string of the molecule is CC(C)(C)[S@@](N)=O.CC(C)(C)[S@](=O)N=Cc1ccc(Br)c(F)c1C(F)F.O=Cc1ccc(Br)c(F)c1C(F)F. The molecule has 0 aliphatic carbocycles. The first-order valence-corrected chi connectivity index (χ1v) is 14.7. The molecule has 2 atom stereocenters. The van der Waals surface area contributed by atoms with Crippen LogP contribution < -0.4 is 5.14 Å². The third-order valence-electron chi connectivity index (χ3n) is 4.31. The highest BCUT2D eigenvalue weighted by Crippen LogP contribution is 2.31. The van der Waals surface area contributed by atoms with Crippen molar-refractivity contribution in [3.63, 3.8) is 0 Å². The molecule has 15 heteroatoms. The Morgan fingerprint density at radius 3 is 1.46 bits per heavy atom. The van der Waals surface area contributed by atoms with Crippen LogP contribution in [0.5, 0.6) is 0 Å². The van der Waals surface area contributed by atoms with E-state index in [4.69, 9.17) is 5.14 Å². The van der Waals surface area contributed by atoms with Crippen LogP contribution in [-0.4, -0.2) is 30.4 Å². The molecular formula is C24H28Br2F6N2O3S2. The molecule has 220 valence electrons. The maximum absolute atomic E-state index is 13.6. The van der Waals surface area contributed by atoms with Crippen molar-refractivity contribution in [1.82, 2.24) is 0 Å². The largest absolute Gasteiger partial charge is 0.298 e. The first kappa shape index (κ1) is 37.6. The maximum Gasteiger partial charge on any atom is 0.267 e. The lowest BCUT2D eigenvalue weighted by atomic mass is 10.1. The van der Waals surface area contributed by atoms with Gasteiger partial charge in [-0.2, -0.15) is 4.40 Å². The number of nitrogens with zero attached hydrogens (tertiary/aromatic N) is 1. The number of carbonyl (C=O) groups is 1. The highest BCUT2D eigenvalue weighted by atomic mass is 79.9. The highest BCUT2D eigenvalue weighted by molar-refractivity contribution is 9.10. The minimum absolute atomic E-state index is 0.0445. The summed E-state index contributed by atoms with van der Waals surface area (Å²) in [7, 11) is -2.76. The number of aldehydes is 1. The number of benzene rings is 2. The van der Waals surface area contributed by atoms with Crippen molar-refractivity contribution in [2.24, 2.45) is 9.54 Å². The molecule has 0 bridgehead atoms. The van der Waals surface area contributed by atoms with Gasteiger partial charge in [-0.15, -0.1) is 0 Å². The summed E-state index contributed by atoms with van der Waals surface area (Å²) in [5.41, 5.74) is -2.00. The number of hydrogen-bond donors (Lipinski definition) is 1. The van der Waals surface area contributed by atoms with Gasteiger partial charge in [-0.3, -0.25) is 9.93 Å². The van der Waals surface area contributed by atoms with Crippen LogP contribution in [-0.2, 0) is 22.0 Å². The van der Waals surface area contributed by atoms with E-state index in [2.05, 4.69) is 36.3 Å². The Balaban J connectivity index is 0.000000622. The zero-order valence-electron chi connectivity index (χ0n) is 21.7. The van der Waals surface area contributed by atoms with Gasteiger partial charge >= 0.3 is 0 Å². The summed E-state index contributed by atoms with van der Waals surface area (Å²) < 4.78 is 102. The van der Waals surface area contributed by atoms with Crippen LogP contribution in [0.25, 0.3) is 0 Å². The second-order valence-corrected chi connectivity index (χ2v) is 14.9. The monoisotopic (exact) mass is 728 g/mol. The van der Waals surface area contributed by atoms with Gasteiger partial charge in [-0.25, -0.2) is 34.8 Å². The number of carbonyl (C=O) groups excluding carboxylic acids is 1. The van der Waals surface area contributed by atoms with Gasteiger partial charge in [0.15, 0.2) is 6.29 Å². The lowest BCUT2D eigenvalue weighted by Crippen LogP contribution is -2.27. The van der Waals surface area contributed by atoms with E-state index in [1.165, 1.54) is 18.2 Å². The molecule has 2 rings (SSSR count). The second-order valence-electron chi connectivity index (χ2n) is 9.45. The van der Waals surface area contributed by atoms with Crippen LogP contribution in [0.2, 0.25) is 0 Å². The van der Waals surface area contributed by atoms with Crippen LogP contribution in [0.1, 0.15) is 81.4 Å². The van der Waals surface area contributed by atoms with Crippen molar-refractivity contribution in [1.29, 1.82) is 0 Å². The zero-order valence-corrected chi connectivity index (χ0v) is 26.5.